The standard InChI is InChI=1S/C28H24FN5O3/c1-2-7-24(35)34-13-6-8-18(34)15-30-27-25-22(16-31-28(25)33-17-32-27)26(36)21-12-11-20(14-23(21)29)37-19-9-4-3-5-10-19/h3-5,9-12,14,16-18H,6,8,13,15H2,1H3,(H2,30,31,32,33). The molecule has 1 aliphatic heterocycles. The molecule has 1 saturated heterocycles. The van der Waals surface area contributed by atoms with Gasteiger partial charge in [-0.25, -0.2) is 14.4 Å². The second-order valence-electron chi connectivity index (χ2n) is 8.58. The van der Waals surface area contributed by atoms with Crippen LogP contribution in [0, 0.1) is 17.7 Å². The maximum absolute atomic E-state index is 15.0. The van der Waals surface area contributed by atoms with Gasteiger partial charge in [0.1, 0.15) is 35.1 Å². The Morgan fingerprint density at radius 3 is 2.78 bits per heavy atom. The molecule has 4 aromatic rings. The fourth-order valence-corrected chi connectivity index (χ4v) is 4.50. The molecule has 2 aromatic carbocycles. The molecule has 8 nitrogen and oxygen atoms in total. The zero-order valence-electron chi connectivity index (χ0n) is 20.1. The van der Waals surface area contributed by atoms with Gasteiger partial charge in [0.25, 0.3) is 5.91 Å². The molecule has 2 N–H and O–H groups in total. The predicted molar refractivity (Wildman–Crippen MR) is 137 cm³/mol. The average molecular weight is 498 g/mol. The van der Waals surface area contributed by atoms with E-state index in [1.54, 1.807) is 30.0 Å². The minimum Gasteiger partial charge on any atom is -0.457 e. The van der Waals surface area contributed by atoms with Gasteiger partial charge in [-0.05, 0) is 50.0 Å². The number of rotatable bonds is 7. The number of halogens is 1. The third-order valence-electron chi connectivity index (χ3n) is 6.25. The van der Waals surface area contributed by atoms with Crippen molar-refractivity contribution in [3.8, 4) is 23.3 Å². The van der Waals surface area contributed by atoms with E-state index in [0.717, 1.165) is 12.8 Å². The monoisotopic (exact) mass is 497 g/mol. The van der Waals surface area contributed by atoms with Gasteiger partial charge in [-0.15, -0.1) is 0 Å². The number of hydrogen-bond acceptors (Lipinski definition) is 6. The van der Waals surface area contributed by atoms with Crippen LogP contribution in [-0.4, -0.2) is 50.7 Å². The van der Waals surface area contributed by atoms with Crippen LogP contribution >= 0.6 is 0 Å². The minimum absolute atomic E-state index is 0.0499. The number of ether oxygens (including phenoxy) is 1. The molecule has 1 amide bonds. The van der Waals surface area contributed by atoms with Gasteiger partial charge in [0, 0.05) is 31.4 Å². The summed E-state index contributed by atoms with van der Waals surface area (Å²) in [4.78, 5) is 38.9. The van der Waals surface area contributed by atoms with Crippen LogP contribution in [0.5, 0.6) is 11.5 Å². The van der Waals surface area contributed by atoms with Gasteiger partial charge in [0.05, 0.1) is 16.5 Å². The summed E-state index contributed by atoms with van der Waals surface area (Å²) in [7, 11) is 0. The van der Waals surface area contributed by atoms with Gasteiger partial charge in [-0.1, -0.05) is 24.1 Å². The number of benzene rings is 2. The molecule has 0 aliphatic carbocycles. The molecular weight excluding hydrogens is 473 g/mol. The average Bonchev–Trinajstić information content (AvgIpc) is 3.56. The molecule has 1 unspecified atom stereocenters. The fourth-order valence-electron chi connectivity index (χ4n) is 4.50. The van der Waals surface area contributed by atoms with Crippen molar-refractivity contribution in [3.63, 3.8) is 0 Å². The highest BCUT2D eigenvalue weighted by molar-refractivity contribution is 6.18. The highest BCUT2D eigenvalue weighted by Gasteiger charge is 2.28. The third-order valence-corrected chi connectivity index (χ3v) is 6.25. The molecule has 2 aromatic heterocycles. The van der Waals surface area contributed by atoms with Crippen molar-refractivity contribution in [2.24, 2.45) is 0 Å². The molecule has 1 aliphatic rings. The number of nitrogens with zero attached hydrogens (tertiary/aromatic N) is 3. The van der Waals surface area contributed by atoms with E-state index in [1.807, 2.05) is 18.2 Å². The lowest BCUT2D eigenvalue weighted by molar-refractivity contribution is -0.125. The topological polar surface area (TPSA) is 100 Å². The van der Waals surface area contributed by atoms with Gasteiger partial charge in [-0.3, -0.25) is 9.59 Å². The number of para-hydroxylation sites is 1. The lowest BCUT2D eigenvalue weighted by Crippen LogP contribution is -2.39. The van der Waals surface area contributed by atoms with Crippen LogP contribution in [0.4, 0.5) is 10.2 Å². The van der Waals surface area contributed by atoms with E-state index < -0.39 is 11.6 Å². The summed E-state index contributed by atoms with van der Waals surface area (Å²) in [6.07, 6.45) is 4.61. The number of carbonyl (C=O) groups excluding carboxylic acids is 2. The lowest BCUT2D eigenvalue weighted by atomic mass is 10.0. The fraction of sp³-hybridized carbons (Fsp3) is 0.214. The highest BCUT2D eigenvalue weighted by atomic mass is 19.1. The first kappa shape index (κ1) is 24.0. The maximum atomic E-state index is 15.0. The summed E-state index contributed by atoms with van der Waals surface area (Å²) in [6, 6.07) is 13.1. The normalized spacial score (nSPS) is 14.8. The van der Waals surface area contributed by atoms with Crippen molar-refractivity contribution >= 4 is 28.5 Å². The van der Waals surface area contributed by atoms with E-state index in [-0.39, 0.29) is 28.8 Å². The van der Waals surface area contributed by atoms with Crippen LogP contribution in [0.2, 0.25) is 0 Å². The van der Waals surface area contributed by atoms with Crippen LogP contribution in [0.15, 0.2) is 61.1 Å². The molecule has 0 saturated carbocycles. The molecule has 37 heavy (non-hydrogen) atoms. The third kappa shape index (κ3) is 5.00. The van der Waals surface area contributed by atoms with Gasteiger partial charge in [-0.2, -0.15) is 0 Å². The van der Waals surface area contributed by atoms with E-state index in [4.69, 9.17) is 4.74 Å². The zero-order chi connectivity index (χ0) is 25.8. The number of anilines is 1. The van der Waals surface area contributed by atoms with Crippen LogP contribution in [0.25, 0.3) is 11.0 Å². The molecule has 1 fully saturated rings. The van der Waals surface area contributed by atoms with Crippen molar-refractivity contribution in [2.45, 2.75) is 25.8 Å². The molecule has 0 spiro atoms. The lowest BCUT2D eigenvalue weighted by Gasteiger charge is -2.23. The molecule has 9 heteroatoms. The number of likely N-dealkylation sites (tertiary alicyclic amines) is 1. The van der Waals surface area contributed by atoms with E-state index in [2.05, 4.69) is 32.1 Å². The van der Waals surface area contributed by atoms with E-state index in [9.17, 15) is 9.59 Å². The van der Waals surface area contributed by atoms with Crippen molar-refractivity contribution in [1.29, 1.82) is 0 Å². The highest BCUT2D eigenvalue weighted by Crippen LogP contribution is 2.29. The second kappa shape index (κ2) is 10.5. The van der Waals surface area contributed by atoms with E-state index >= 15 is 4.39 Å². The molecule has 0 bridgehead atoms. The van der Waals surface area contributed by atoms with Crippen molar-refractivity contribution in [3.05, 3.63) is 78.0 Å². The largest absolute Gasteiger partial charge is 0.457 e. The summed E-state index contributed by atoms with van der Waals surface area (Å²) in [5.41, 5.74) is 0.591. The smallest absolute Gasteiger partial charge is 0.298 e. The predicted octanol–water partition coefficient (Wildman–Crippen LogP) is 4.55. The number of aromatic nitrogens is 3. The van der Waals surface area contributed by atoms with Crippen molar-refractivity contribution in [2.75, 3.05) is 18.4 Å². The van der Waals surface area contributed by atoms with Gasteiger partial charge < -0.3 is 19.9 Å². The minimum atomic E-state index is -0.698. The SMILES string of the molecule is CC#CC(=O)N1CCCC1CNc1ncnc2[nH]cc(C(=O)c3ccc(Oc4ccccc4)cc3F)c12. The van der Waals surface area contributed by atoms with Gasteiger partial charge in [0.15, 0.2) is 5.78 Å². The van der Waals surface area contributed by atoms with E-state index in [0.29, 0.717) is 35.7 Å². The van der Waals surface area contributed by atoms with Crippen LogP contribution < -0.4 is 10.1 Å². The summed E-state index contributed by atoms with van der Waals surface area (Å²) in [6.45, 7) is 2.72. The second-order valence-corrected chi connectivity index (χ2v) is 8.58. The number of hydrogen-bond donors (Lipinski definition) is 2. The number of aromatic amines is 1. The number of H-pyrrole nitrogens is 1. The number of ketones is 1. The van der Waals surface area contributed by atoms with Crippen molar-refractivity contribution in [1.82, 2.24) is 19.9 Å². The number of fused-ring (bicyclic) bond motifs is 1. The Morgan fingerprint density at radius 2 is 2.00 bits per heavy atom. The molecule has 5 rings (SSSR count). The summed E-state index contributed by atoms with van der Waals surface area (Å²) >= 11 is 0. The Bertz CT molecular complexity index is 1520. The molecule has 0 radical (unpaired) electrons. The Balaban J connectivity index is 1.38. The number of nitrogens with one attached hydrogen (secondary N) is 2. The number of carbonyl (C=O) groups is 2. The summed E-state index contributed by atoms with van der Waals surface area (Å²) in [5.74, 6) is 5.12. The molecule has 3 heterocycles. The first-order valence-corrected chi connectivity index (χ1v) is 11.9. The molecule has 186 valence electrons. The Hall–Kier alpha value is -4.71. The zero-order valence-corrected chi connectivity index (χ0v) is 20.1. The maximum Gasteiger partial charge on any atom is 0.298 e. The van der Waals surface area contributed by atoms with Gasteiger partial charge in [0.2, 0.25) is 0 Å². The van der Waals surface area contributed by atoms with Crippen molar-refractivity contribution < 1.29 is 18.7 Å². The van der Waals surface area contributed by atoms with E-state index in [1.165, 1.54) is 24.7 Å². The Morgan fingerprint density at radius 1 is 1.16 bits per heavy atom. The van der Waals surface area contributed by atoms with Gasteiger partial charge >= 0.3 is 0 Å². The molecule has 1 atom stereocenters. The van der Waals surface area contributed by atoms with Crippen LogP contribution in [-0.2, 0) is 4.79 Å². The number of amides is 1. The summed E-state index contributed by atoms with van der Waals surface area (Å²) in [5, 5.41) is 3.72. The van der Waals surface area contributed by atoms with Crippen LogP contribution in [0.3, 0.4) is 0 Å². The quantitative estimate of drug-likeness (QED) is 0.287. The van der Waals surface area contributed by atoms with Crippen LogP contribution in [0.1, 0.15) is 35.7 Å². The first-order chi connectivity index (χ1) is 18.0. The first-order valence-electron chi connectivity index (χ1n) is 11.9. The Labute approximate surface area is 212 Å². The molecular formula is C28H24FN5O3. The Kier molecular flexibility index (Phi) is 6.81. The summed E-state index contributed by atoms with van der Waals surface area (Å²) < 4.78 is 20.7.